The van der Waals surface area contributed by atoms with E-state index in [2.05, 4.69) is 32.6 Å². The quantitative estimate of drug-likeness (QED) is 0.141. The van der Waals surface area contributed by atoms with Crippen molar-refractivity contribution in [1.82, 2.24) is 9.62 Å². The van der Waals surface area contributed by atoms with Gasteiger partial charge in [0.15, 0.2) is 6.61 Å². The number of benzene rings is 1. The van der Waals surface area contributed by atoms with Gasteiger partial charge in [0, 0.05) is 4.43 Å². The summed E-state index contributed by atoms with van der Waals surface area (Å²) in [6.45, 7) is -0.723. The zero-order valence-corrected chi connectivity index (χ0v) is 17.0. The van der Waals surface area contributed by atoms with Crippen molar-refractivity contribution in [1.29, 1.82) is 0 Å². The number of carboxylic acid groups (broad SMARTS) is 1. The second kappa shape index (κ2) is 9.90. The number of amides is 2. The maximum absolute atomic E-state index is 12.3. The summed E-state index contributed by atoms with van der Waals surface area (Å²) in [5.74, 6) is -2.99. The first kappa shape index (κ1) is 21.4. The third-order valence-corrected chi connectivity index (χ3v) is 5.74. The molecule has 3 atom stereocenters. The van der Waals surface area contributed by atoms with Crippen LogP contribution in [-0.2, 0) is 23.9 Å². The standard InChI is InChI=1S/C16H18IN3O6S/c17-6-10-14(19-15(24)13(18)9-4-2-1-3-5-9)16(25)20(10)27-8-12(23)26-7-11(21)22/h1-5,10,13-14H,6-8,18H2,(H,19,24)(H,21,22)/t10-,13?,14+/m1/s1. The van der Waals surface area contributed by atoms with Crippen molar-refractivity contribution >= 4 is 58.3 Å². The van der Waals surface area contributed by atoms with Crippen molar-refractivity contribution in [2.75, 3.05) is 16.8 Å². The zero-order valence-electron chi connectivity index (χ0n) is 14.0. The van der Waals surface area contributed by atoms with Gasteiger partial charge in [-0.05, 0) is 17.5 Å². The van der Waals surface area contributed by atoms with Crippen LogP contribution in [0.4, 0.5) is 0 Å². The molecule has 11 heteroatoms. The van der Waals surface area contributed by atoms with E-state index in [9.17, 15) is 19.2 Å². The van der Waals surface area contributed by atoms with Crippen LogP contribution in [0.2, 0.25) is 0 Å². The highest BCUT2D eigenvalue weighted by molar-refractivity contribution is 14.1. The fourth-order valence-electron chi connectivity index (χ4n) is 2.35. The predicted octanol–water partition coefficient (Wildman–Crippen LogP) is 0.0930. The molecule has 1 heterocycles. The Hall–Kier alpha value is -1.86. The number of carbonyl (C=O) groups excluding carboxylic acids is 3. The lowest BCUT2D eigenvalue weighted by Crippen LogP contribution is -2.69. The molecule has 0 saturated carbocycles. The summed E-state index contributed by atoms with van der Waals surface area (Å²) >= 11 is 3.01. The van der Waals surface area contributed by atoms with Crippen molar-refractivity contribution in [2.45, 2.75) is 18.1 Å². The van der Waals surface area contributed by atoms with Crippen molar-refractivity contribution in [3.8, 4) is 0 Å². The van der Waals surface area contributed by atoms with Crippen molar-refractivity contribution in [2.24, 2.45) is 5.73 Å². The van der Waals surface area contributed by atoms with Gasteiger partial charge in [0.25, 0.3) is 5.91 Å². The van der Waals surface area contributed by atoms with E-state index in [1.807, 2.05) is 6.07 Å². The van der Waals surface area contributed by atoms with Gasteiger partial charge in [-0.1, -0.05) is 52.9 Å². The number of ether oxygens (including phenoxy) is 1. The van der Waals surface area contributed by atoms with Gasteiger partial charge in [-0.3, -0.25) is 18.7 Å². The molecule has 1 fully saturated rings. The van der Waals surface area contributed by atoms with Crippen molar-refractivity contribution < 1.29 is 29.0 Å². The van der Waals surface area contributed by atoms with Crippen molar-refractivity contribution in [3.63, 3.8) is 0 Å². The molecule has 1 aromatic carbocycles. The minimum absolute atomic E-state index is 0.198. The molecule has 1 aliphatic heterocycles. The Labute approximate surface area is 173 Å². The number of hydrogen-bond acceptors (Lipinski definition) is 7. The van der Waals surface area contributed by atoms with Gasteiger partial charge in [-0.25, -0.2) is 4.79 Å². The summed E-state index contributed by atoms with van der Waals surface area (Å²) in [4.78, 5) is 46.5. The van der Waals surface area contributed by atoms with E-state index in [0.29, 0.717) is 9.99 Å². The van der Waals surface area contributed by atoms with Gasteiger partial charge in [-0.15, -0.1) is 0 Å². The smallest absolute Gasteiger partial charge is 0.341 e. The monoisotopic (exact) mass is 507 g/mol. The number of carbonyl (C=O) groups is 4. The van der Waals surface area contributed by atoms with Gasteiger partial charge in [0.1, 0.15) is 17.8 Å². The Balaban J connectivity index is 1.87. The van der Waals surface area contributed by atoms with E-state index in [1.54, 1.807) is 24.3 Å². The number of hydrogen-bond donors (Lipinski definition) is 3. The minimum Gasteiger partial charge on any atom is -0.479 e. The molecule has 1 saturated heterocycles. The molecule has 0 aromatic heterocycles. The van der Waals surface area contributed by atoms with Crippen LogP contribution in [0.3, 0.4) is 0 Å². The zero-order chi connectivity index (χ0) is 20.0. The van der Waals surface area contributed by atoms with E-state index >= 15 is 0 Å². The van der Waals surface area contributed by atoms with Crippen LogP contribution in [0.5, 0.6) is 0 Å². The predicted molar refractivity (Wildman–Crippen MR) is 106 cm³/mol. The lowest BCUT2D eigenvalue weighted by atomic mass is 9.99. The van der Waals surface area contributed by atoms with Crippen molar-refractivity contribution in [3.05, 3.63) is 35.9 Å². The second-order valence-electron chi connectivity index (χ2n) is 5.59. The van der Waals surface area contributed by atoms with Crippen LogP contribution in [0.1, 0.15) is 11.6 Å². The number of aliphatic carboxylic acids is 1. The molecule has 0 bridgehead atoms. The Morgan fingerprint density at radius 3 is 2.59 bits per heavy atom. The first-order chi connectivity index (χ1) is 12.8. The number of β-lactam (4-membered cyclic amide) rings is 1. The van der Waals surface area contributed by atoms with Gasteiger partial charge >= 0.3 is 11.9 Å². The molecular formula is C16H18IN3O6S. The molecule has 0 spiro atoms. The van der Waals surface area contributed by atoms with E-state index < -0.39 is 36.5 Å². The van der Waals surface area contributed by atoms with Crippen LogP contribution in [0, 0.1) is 0 Å². The molecule has 0 radical (unpaired) electrons. The first-order valence-corrected chi connectivity index (χ1v) is 10.3. The molecule has 1 unspecified atom stereocenters. The number of nitrogens with one attached hydrogen (secondary N) is 1. The molecule has 1 aromatic rings. The Morgan fingerprint density at radius 1 is 1.33 bits per heavy atom. The maximum atomic E-state index is 12.3. The lowest BCUT2D eigenvalue weighted by Gasteiger charge is -2.45. The summed E-state index contributed by atoms with van der Waals surface area (Å²) < 4.78 is 6.43. The van der Waals surface area contributed by atoms with E-state index in [0.717, 1.165) is 11.9 Å². The highest BCUT2D eigenvalue weighted by Crippen LogP contribution is 2.30. The molecule has 146 valence electrons. The van der Waals surface area contributed by atoms with Crippen LogP contribution in [0.25, 0.3) is 0 Å². The van der Waals surface area contributed by atoms with Crippen LogP contribution >= 0.6 is 34.5 Å². The summed E-state index contributed by atoms with van der Waals surface area (Å²) in [7, 11) is 0. The molecule has 2 rings (SSSR count). The average Bonchev–Trinajstić information content (AvgIpc) is 2.67. The minimum atomic E-state index is -1.25. The molecular weight excluding hydrogens is 489 g/mol. The van der Waals surface area contributed by atoms with Crippen LogP contribution in [-0.4, -0.2) is 62.0 Å². The van der Waals surface area contributed by atoms with Gasteiger partial charge < -0.3 is 20.9 Å². The Morgan fingerprint density at radius 2 is 2.00 bits per heavy atom. The number of rotatable bonds is 9. The molecule has 4 N–H and O–H groups in total. The number of halogens is 1. The van der Waals surface area contributed by atoms with E-state index in [-0.39, 0.29) is 17.7 Å². The molecule has 2 amide bonds. The fraction of sp³-hybridized carbons (Fsp3) is 0.375. The highest BCUT2D eigenvalue weighted by Gasteiger charge is 2.48. The number of carboxylic acids is 1. The largest absolute Gasteiger partial charge is 0.479 e. The normalized spacial score (nSPS) is 19.8. The Kier molecular flexibility index (Phi) is 7.86. The maximum Gasteiger partial charge on any atom is 0.341 e. The number of esters is 1. The van der Waals surface area contributed by atoms with Gasteiger partial charge in [-0.2, -0.15) is 0 Å². The van der Waals surface area contributed by atoms with Gasteiger partial charge in [0.05, 0.1) is 6.04 Å². The number of nitrogens with two attached hydrogens (primary N) is 1. The summed E-state index contributed by atoms with van der Waals surface area (Å²) in [6, 6.07) is 6.90. The summed E-state index contributed by atoms with van der Waals surface area (Å²) in [5, 5.41) is 11.1. The van der Waals surface area contributed by atoms with Crippen LogP contribution < -0.4 is 11.1 Å². The van der Waals surface area contributed by atoms with Crippen LogP contribution in [0.15, 0.2) is 30.3 Å². The average molecular weight is 507 g/mol. The second-order valence-corrected chi connectivity index (χ2v) is 7.41. The molecule has 27 heavy (non-hydrogen) atoms. The summed E-state index contributed by atoms with van der Waals surface area (Å²) in [5.41, 5.74) is 6.57. The molecule has 0 aliphatic carbocycles. The topological polar surface area (TPSA) is 139 Å². The van der Waals surface area contributed by atoms with E-state index in [1.165, 1.54) is 4.31 Å². The molecule has 9 nitrogen and oxygen atoms in total. The first-order valence-electron chi connectivity index (χ1n) is 7.85. The third kappa shape index (κ3) is 5.56. The lowest BCUT2D eigenvalue weighted by molar-refractivity contribution is -0.153. The number of nitrogens with zero attached hydrogens (tertiary/aromatic N) is 1. The molecule has 1 aliphatic rings. The fourth-order valence-corrected chi connectivity index (χ4v) is 4.47. The SMILES string of the molecule is NC(C(=O)N[C@@H]1C(=O)N(SCC(=O)OCC(=O)O)[C@@H]1CI)c1ccccc1. The Bertz CT molecular complexity index is 719. The third-order valence-electron chi connectivity index (χ3n) is 3.74. The summed E-state index contributed by atoms with van der Waals surface area (Å²) in [6.07, 6.45) is 0. The van der Waals surface area contributed by atoms with Gasteiger partial charge in [0.2, 0.25) is 5.91 Å². The highest BCUT2D eigenvalue weighted by atomic mass is 127. The van der Waals surface area contributed by atoms with E-state index in [4.69, 9.17) is 10.8 Å². The number of alkyl halides is 1.